The minimum absolute atomic E-state index is 0.0499. The Morgan fingerprint density at radius 2 is 2.13 bits per heavy atom. The molecule has 1 rings (SSSR count). The number of rotatable bonds is 3. The summed E-state index contributed by atoms with van der Waals surface area (Å²) in [6.45, 7) is 3.98. The second kappa shape index (κ2) is 4.94. The van der Waals surface area contributed by atoms with Crippen LogP contribution in [0.4, 0.5) is 4.39 Å². The Morgan fingerprint density at radius 3 is 2.67 bits per heavy atom. The van der Waals surface area contributed by atoms with Crippen LogP contribution in [0, 0.1) is 5.82 Å². The van der Waals surface area contributed by atoms with Crippen molar-refractivity contribution in [3.63, 3.8) is 0 Å². The molecule has 0 radical (unpaired) electrons. The summed E-state index contributed by atoms with van der Waals surface area (Å²) in [7, 11) is 1.87. The van der Waals surface area contributed by atoms with E-state index in [-0.39, 0.29) is 11.8 Å². The van der Waals surface area contributed by atoms with Crippen molar-refractivity contribution in [2.75, 3.05) is 7.05 Å². The molecule has 0 amide bonds. The van der Waals surface area contributed by atoms with E-state index < -0.39 is 5.82 Å². The lowest BCUT2D eigenvalue weighted by atomic mass is 10.1. The van der Waals surface area contributed by atoms with E-state index in [2.05, 4.69) is 5.32 Å². The minimum Gasteiger partial charge on any atom is -0.508 e. The molecule has 0 spiro atoms. The monoisotopic (exact) mass is 209 g/mol. The first-order chi connectivity index (χ1) is 7.02. The number of benzene rings is 1. The quantitative estimate of drug-likeness (QED) is 0.801. The first kappa shape index (κ1) is 11.7. The third-order valence-corrected chi connectivity index (χ3v) is 2.42. The normalized spacial score (nSPS) is 14.0. The van der Waals surface area contributed by atoms with Gasteiger partial charge in [0, 0.05) is 12.1 Å². The lowest BCUT2D eigenvalue weighted by Gasteiger charge is -2.10. The zero-order chi connectivity index (χ0) is 11.4. The highest BCUT2D eigenvalue weighted by Gasteiger charge is 2.02. The Kier molecular flexibility index (Phi) is 3.86. The van der Waals surface area contributed by atoms with Crippen LogP contribution in [0.1, 0.15) is 19.4 Å². The van der Waals surface area contributed by atoms with E-state index in [1.54, 1.807) is 0 Å². The van der Waals surface area contributed by atoms with E-state index in [0.29, 0.717) is 5.56 Å². The van der Waals surface area contributed by atoms with E-state index >= 15 is 0 Å². The first-order valence-electron chi connectivity index (χ1n) is 4.88. The first-order valence-corrected chi connectivity index (χ1v) is 4.88. The van der Waals surface area contributed by atoms with Gasteiger partial charge in [0.05, 0.1) is 0 Å². The molecule has 0 saturated heterocycles. The van der Waals surface area contributed by atoms with Gasteiger partial charge in [-0.05, 0) is 38.6 Å². The number of nitrogens with one attached hydrogen (secondary N) is 1. The molecule has 1 aromatic carbocycles. The predicted octanol–water partition coefficient (Wildman–Crippen LogP) is 2.54. The number of halogens is 1. The second-order valence-corrected chi connectivity index (χ2v) is 3.64. The lowest BCUT2D eigenvalue weighted by molar-refractivity contribution is 0.469. The van der Waals surface area contributed by atoms with Crippen LogP contribution in [0.2, 0.25) is 0 Å². The van der Waals surface area contributed by atoms with Gasteiger partial charge >= 0.3 is 0 Å². The van der Waals surface area contributed by atoms with Gasteiger partial charge in [-0.25, -0.2) is 4.39 Å². The molecule has 3 heteroatoms. The molecule has 2 nitrogen and oxygen atoms in total. The zero-order valence-corrected chi connectivity index (χ0v) is 9.21. The number of phenols is 1. The van der Waals surface area contributed by atoms with E-state index in [1.807, 2.05) is 27.0 Å². The number of likely N-dealkylation sites (N-methyl/N-ethyl adjacent to an activating group) is 1. The highest BCUT2D eigenvalue weighted by molar-refractivity contribution is 5.55. The molecule has 1 unspecified atom stereocenters. The van der Waals surface area contributed by atoms with Crippen molar-refractivity contribution in [3.05, 3.63) is 35.2 Å². The molecule has 15 heavy (non-hydrogen) atoms. The summed E-state index contributed by atoms with van der Waals surface area (Å²) in [5.41, 5.74) is 1.76. The van der Waals surface area contributed by atoms with E-state index in [4.69, 9.17) is 0 Å². The number of aromatic hydroxyl groups is 1. The maximum Gasteiger partial charge on any atom is 0.127 e. The number of hydrogen-bond acceptors (Lipinski definition) is 2. The highest BCUT2D eigenvalue weighted by Crippen LogP contribution is 2.17. The van der Waals surface area contributed by atoms with Crippen molar-refractivity contribution in [1.29, 1.82) is 0 Å². The SMILES string of the molecule is CNC(C)/C(C)=C/c1cc(O)cc(F)c1. The molecule has 0 heterocycles. The fourth-order valence-electron chi connectivity index (χ4n) is 1.30. The molecule has 82 valence electrons. The number of phenolic OH excluding ortho intramolecular Hbond substituents is 1. The van der Waals surface area contributed by atoms with Crippen LogP contribution in [-0.2, 0) is 0 Å². The van der Waals surface area contributed by atoms with Crippen LogP contribution in [0.25, 0.3) is 6.08 Å². The average Bonchev–Trinajstić information content (AvgIpc) is 2.14. The van der Waals surface area contributed by atoms with Crippen LogP contribution in [0.15, 0.2) is 23.8 Å². The van der Waals surface area contributed by atoms with Gasteiger partial charge in [-0.15, -0.1) is 0 Å². The van der Waals surface area contributed by atoms with Crippen LogP contribution >= 0.6 is 0 Å². The van der Waals surface area contributed by atoms with Gasteiger partial charge in [0.1, 0.15) is 11.6 Å². The van der Waals surface area contributed by atoms with Crippen molar-refractivity contribution >= 4 is 6.08 Å². The van der Waals surface area contributed by atoms with Gasteiger partial charge in [0.2, 0.25) is 0 Å². The lowest BCUT2D eigenvalue weighted by Crippen LogP contribution is -2.21. The van der Waals surface area contributed by atoms with Crippen molar-refractivity contribution in [2.24, 2.45) is 0 Å². The third-order valence-electron chi connectivity index (χ3n) is 2.42. The molecule has 0 aromatic heterocycles. The summed E-state index contributed by atoms with van der Waals surface area (Å²) >= 11 is 0. The number of hydrogen-bond donors (Lipinski definition) is 2. The minimum atomic E-state index is -0.425. The van der Waals surface area contributed by atoms with E-state index in [0.717, 1.165) is 11.6 Å². The summed E-state index contributed by atoms with van der Waals surface area (Å²) in [5.74, 6) is -0.475. The van der Waals surface area contributed by atoms with Gasteiger partial charge in [-0.3, -0.25) is 0 Å². The molecule has 0 aliphatic rings. The molecule has 0 aliphatic carbocycles. The van der Waals surface area contributed by atoms with Crippen LogP contribution < -0.4 is 5.32 Å². The standard InChI is InChI=1S/C12H16FNO/c1-8(9(2)14-3)4-10-5-11(13)7-12(15)6-10/h4-7,9,14-15H,1-3H3/b8-4+. The molecule has 2 N–H and O–H groups in total. The molecule has 0 bridgehead atoms. The Hall–Kier alpha value is -1.35. The van der Waals surface area contributed by atoms with Crippen LogP contribution in [0.5, 0.6) is 5.75 Å². The zero-order valence-electron chi connectivity index (χ0n) is 9.21. The summed E-state index contributed by atoms with van der Waals surface area (Å²) in [5, 5.41) is 12.3. The van der Waals surface area contributed by atoms with Crippen LogP contribution in [-0.4, -0.2) is 18.2 Å². The fraction of sp³-hybridized carbons (Fsp3) is 0.333. The van der Waals surface area contributed by atoms with Crippen molar-refractivity contribution < 1.29 is 9.50 Å². The Labute approximate surface area is 89.4 Å². The molecule has 0 aliphatic heterocycles. The average molecular weight is 209 g/mol. The predicted molar refractivity (Wildman–Crippen MR) is 60.2 cm³/mol. The molecule has 0 saturated carbocycles. The molecule has 1 atom stereocenters. The summed E-state index contributed by atoms with van der Waals surface area (Å²) in [4.78, 5) is 0. The summed E-state index contributed by atoms with van der Waals surface area (Å²) in [6, 6.07) is 4.25. The van der Waals surface area contributed by atoms with Gasteiger partial charge in [0.25, 0.3) is 0 Å². The van der Waals surface area contributed by atoms with E-state index in [1.165, 1.54) is 12.1 Å². The molecular formula is C12H16FNO. The smallest absolute Gasteiger partial charge is 0.127 e. The Balaban J connectivity index is 2.97. The summed E-state index contributed by atoms with van der Waals surface area (Å²) < 4.78 is 13.0. The van der Waals surface area contributed by atoms with Crippen molar-refractivity contribution in [3.8, 4) is 5.75 Å². The third kappa shape index (κ3) is 3.36. The van der Waals surface area contributed by atoms with Crippen molar-refractivity contribution in [2.45, 2.75) is 19.9 Å². The highest BCUT2D eigenvalue weighted by atomic mass is 19.1. The second-order valence-electron chi connectivity index (χ2n) is 3.64. The largest absolute Gasteiger partial charge is 0.508 e. The van der Waals surface area contributed by atoms with Gasteiger partial charge in [0.15, 0.2) is 0 Å². The molecule has 1 aromatic rings. The van der Waals surface area contributed by atoms with E-state index in [9.17, 15) is 9.50 Å². The molecular weight excluding hydrogens is 193 g/mol. The topological polar surface area (TPSA) is 32.3 Å². The Morgan fingerprint density at radius 1 is 1.47 bits per heavy atom. The fourth-order valence-corrected chi connectivity index (χ4v) is 1.30. The van der Waals surface area contributed by atoms with Gasteiger partial charge in [-0.2, -0.15) is 0 Å². The summed E-state index contributed by atoms with van der Waals surface area (Å²) in [6.07, 6.45) is 1.85. The Bertz CT molecular complexity index is 354. The van der Waals surface area contributed by atoms with Crippen LogP contribution in [0.3, 0.4) is 0 Å². The maximum atomic E-state index is 13.0. The molecule has 0 fully saturated rings. The maximum absolute atomic E-state index is 13.0. The van der Waals surface area contributed by atoms with Gasteiger partial charge < -0.3 is 10.4 Å². The van der Waals surface area contributed by atoms with Crippen molar-refractivity contribution in [1.82, 2.24) is 5.32 Å². The van der Waals surface area contributed by atoms with Gasteiger partial charge in [-0.1, -0.05) is 11.6 Å².